The number of carbonyl (C=O) groups is 2. The number of nitrogens with zero attached hydrogens (tertiary/aromatic N) is 1. The fourth-order valence-electron chi connectivity index (χ4n) is 2.39. The first kappa shape index (κ1) is 17.8. The number of hydrogen-bond donors (Lipinski definition) is 2. The minimum atomic E-state index is -0.213. The van der Waals surface area contributed by atoms with Gasteiger partial charge in [-0.05, 0) is 39.0 Å². The van der Waals surface area contributed by atoms with Crippen LogP contribution in [0.3, 0.4) is 0 Å². The monoisotopic (exact) mass is 297 g/mol. The molecule has 1 saturated heterocycles. The van der Waals surface area contributed by atoms with Gasteiger partial charge >= 0.3 is 6.03 Å². The fourth-order valence-corrected chi connectivity index (χ4v) is 2.39. The normalized spacial score (nSPS) is 17.5. The predicted octanol–water partition coefficient (Wildman–Crippen LogP) is 2.51. The van der Waals surface area contributed by atoms with E-state index in [1.165, 1.54) is 0 Å². The van der Waals surface area contributed by atoms with Gasteiger partial charge in [-0.2, -0.15) is 0 Å². The lowest BCUT2D eigenvalue weighted by molar-refractivity contribution is -0.123. The third-order valence-corrected chi connectivity index (χ3v) is 3.32. The van der Waals surface area contributed by atoms with Crippen LogP contribution in [0.1, 0.15) is 60.8 Å². The Bertz CT molecular complexity index is 372. The molecule has 5 nitrogen and oxygen atoms in total. The molecule has 1 aliphatic rings. The highest BCUT2D eigenvalue weighted by Gasteiger charge is 2.26. The summed E-state index contributed by atoms with van der Waals surface area (Å²) < 4.78 is 0. The molecule has 122 valence electrons. The Labute approximate surface area is 128 Å². The van der Waals surface area contributed by atoms with E-state index in [1.807, 2.05) is 25.7 Å². The van der Waals surface area contributed by atoms with E-state index in [4.69, 9.17) is 0 Å². The highest BCUT2D eigenvalue weighted by atomic mass is 16.2. The Balaban J connectivity index is 2.35. The van der Waals surface area contributed by atoms with Gasteiger partial charge in [-0.25, -0.2) is 4.79 Å². The van der Waals surface area contributed by atoms with Crippen molar-refractivity contribution in [3.8, 4) is 0 Å². The fraction of sp³-hybridized carbons (Fsp3) is 0.875. The maximum Gasteiger partial charge on any atom is 0.317 e. The van der Waals surface area contributed by atoms with Gasteiger partial charge in [0.2, 0.25) is 5.91 Å². The molecule has 0 atom stereocenters. The summed E-state index contributed by atoms with van der Waals surface area (Å²) in [5, 5.41) is 6.06. The van der Waals surface area contributed by atoms with Crippen molar-refractivity contribution in [1.82, 2.24) is 15.5 Å². The summed E-state index contributed by atoms with van der Waals surface area (Å²) in [5.41, 5.74) is -0.202. The van der Waals surface area contributed by atoms with Gasteiger partial charge in [-0.15, -0.1) is 0 Å². The largest absolute Gasteiger partial charge is 0.353 e. The Morgan fingerprint density at radius 3 is 2.00 bits per heavy atom. The van der Waals surface area contributed by atoms with Crippen LogP contribution in [-0.2, 0) is 4.79 Å². The lowest BCUT2D eigenvalue weighted by Gasteiger charge is -2.34. The molecule has 0 saturated carbocycles. The molecule has 0 radical (unpaired) electrons. The quantitative estimate of drug-likeness (QED) is 0.822. The summed E-state index contributed by atoms with van der Waals surface area (Å²) in [6, 6.07) is 0.181. The molecule has 21 heavy (non-hydrogen) atoms. The molecular formula is C16H31N3O2. The third kappa shape index (κ3) is 7.34. The standard InChI is InChI=1S/C16H31N3O2/c1-15(2,3)11-13(20)17-12-7-9-19(10-8-12)14(21)18-16(4,5)6/h12H,7-11H2,1-6H3,(H,17,20)(H,18,21). The molecule has 0 aromatic carbocycles. The zero-order valence-corrected chi connectivity index (χ0v) is 14.4. The first-order valence-electron chi connectivity index (χ1n) is 7.83. The molecule has 5 heteroatoms. The van der Waals surface area contributed by atoms with E-state index in [-0.39, 0.29) is 28.9 Å². The van der Waals surface area contributed by atoms with Crippen LogP contribution in [0.5, 0.6) is 0 Å². The van der Waals surface area contributed by atoms with Crippen molar-refractivity contribution in [2.24, 2.45) is 5.41 Å². The van der Waals surface area contributed by atoms with Gasteiger partial charge in [0.25, 0.3) is 0 Å². The average molecular weight is 297 g/mol. The molecule has 1 aliphatic heterocycles. The second kappa shape index (κ2) is 6.67. The third-order valence-electron chi connectivity index (χ3n) is 3.32. The lowest BCUT2D eigenvalue weighted by atomic mass is 9.91. The Kier molecular flexibility index (Phi) is 5.65. The van der Waals surface area contributed by atoms with Crippen LogP contribution in [0.15, 0.2) is 0 Å². The van der Waals surface area contributed by atoms with Gasteiger partial charge in [0.05, 0.1) is 0 Å². The minimum absolute atomic E-state index is 0.0113. The number of amides is 3. The first-order chi connectivity index (χ1) is 9.46. The number of rotatable bonds is 2. The number of likely N-dealkylation sites (tertiary alicyclic amines) is 1. The number of carbonyl (C=O) groups excluding carboxylic acids is 2. The molecule has 3 amide bonds. The van der Waals surface area contributed by atoms with E-state index in [0.717, 1.165) is 12.8 Å². The van der Waals surface area contributed by atoms with E-state index in [0.29, 0.717) is 19.5 Å². The molecule has 0 aromatic rings. The second-order valence-electron chi connectivity index (χ2n) is 8.25. The maximum atomic E-state index is 12.1. The lowest BCUT2D eigenvalue weighted by Crippen LogP contribution is -2.53. The molecule has 0 aliphatic carbocycles. The van der Waals surface area contributed by atoms with Crippen LogP contribution < -0.4 is 10.6 Å². The zero-order valence-electron chi connectivity index (χ0n) is 14.4. The van der Waals surface area contributed by atoms with Gasteiger partial charge in [0, 0.05) is 31.1 Å². The van der Waals surface area contributed by atoms with Gasteiger partial charge in [-0.3, -0.25) is 4.79 Å². The molecule has 2 N–H and O–H groups in total. The Hall–Kier alpha value is -1.26. The molecule has 0 aromatic heterocycles. The van der Waals surface area contributed by atoms with Crippen molar-refractivity contribution >= 4 is 11.9 Å². The highest BCUT2D eigenvalue weighted by Crippen LogP contribution is 2.19. The number of urea groups is 1. The molecule has 0 unspecified atom stereocenters. The maximum absolute atomic E-state index is 12.1. The van der Waals surface area contributed by atoms with Gasteiger partial charge in [-0.1, -0.05) is 20.8 Å². The van der Waals surface area contributed by atoms with Crippen molar-refractivity contribution in [2.75, 3.05) is 13.1 Å². The Morgan fingerprint density at radius 2 is 1.57 bits per heavy atom. The molecule has 0 bridgehead atoms. The summed E-state index contributed by atoms with van der Waals surface area (Å²) in [4.78, 5) is 25.8. The summed E-state index contributed by atoms with van der Waals surface area (Å²) in [5.74, 6) is 0.111. The molecule has 1 rings (SSSR count). The van der Waals surface area contributed by atoms with Crippen LogP contribution in [-0.4, -0.2) is 41.5 Å². The summed E-state index contributed by atoms with van der Waals surface area (Å²) in [7, 11) is 0. The average Bonchev–Trinajstić information content (AvgIpc) is 2.24. The van der Waals surface area contributed by atoms with Crippen molar-refractivity contribution < 1.29 is 9.59 Å². The Morgan fingerprint density at radius 1 is 1.05 bits per heavy atom. The minimum Gasteiger partial charge on any atom is -0.353 e. The van der Waals surface area contributed by atoms with E-state index in [2.05, 4.69) is 31.4 Å². The van der Waals surface area contributed by atoms with Crippen LogP contribution in [0.2, 0.25) is 0 Å². The predicted molar refractivity (Wildman–Crippen MR) is 85.1 cm³/mol. The molecular weight excluding hydrogens is 266 g/mol. The summed E-state index contributed by atoms with van der Waals surface area (Å²) >= 11 is 0. The van der Waals surface area contributed by atoms with Crippen LogP contribution in [0.25, 0.3) is 0 Å². The second-order valence-corrected chi connectivity index (χ2v) is 8.25. The number of piperidine rings is 1. The van der Waals surface area contributed by atoms with Gasteiger partial charge in [0.15, 0.2) is 0 Å². The molecule has 1 fully saturated rings. The molecule has 0 spiro atoms. The summed E-state index contributed by atoms with van der Waals surface area (Å²) in [6.45, 7) is 13.5. The van der Waals surface area contributed by atoms with Crippen molar-refractivity contribution in [3.63, 3.8) is 0 Å². The van der Waals surface area contributed by atoms with Crippen LogP contribution >= 0.6 is 0 Å². The number of nitrogens with one attached hydrogen (secondary N) is 2. The van der Waals surface area contributed by atoms with Crippen molar-refractivity contribution in [1.29, 1.82) is 0 Å². The topological polar surface area (TPSA) is 61.4 Å². The van der Waals surface area contributed by atoms with Crippen LogP contribution in [0, 0.1) is 5.41 Å². The van der Waals surface area contributed by atoms with E-state index in [1.54, 1.807) is 0 Å². The van der Waals surface area contributed by atoms with Crippen molar-refractivity contribution in [2.45, 2.75) is 72.4 Å². The van der Waals surface area contributed by atoms with Gasteiger partial charge < -0.3 is 15.5 Å². The highest BCUT2D eigenvalue weighted by molar-refractivity contribution is 5.77. The zero-order chi connectivity index (χ0) is 16.3. The van der Waals surface area contributed by atoms with Crippen molar-refractivity contribution in [3.05, 3.63) is 0 Å². The van der Waals surface area contributed by atoms with E-state index < -0.39 is 0 Å². The number of hydrogen-bond acceptors (Lipinski definition) is 2. The molecule has 1 heterocycles. The van der Waals surface area contributed by atoms with E-state index >= 15 is 0 Å². The van der Waals surface area contributed by atoms with Gasteiger partial charge in [0.1, 0.15) is 0 Å². The van der Waals surface area contributed by atoms with Crippen LogP contribution in [0.4, 0.5) is 4.79 Å². The SMILES string of the molecule is CC(C)(C)CC(=O)NC1CCN(C(=O)NC(C)(C)C)CC1. The summed E-state index contributed by atoms with van der Waals surface area (Å²) in [6.07, 6.45) is 2.19. The van der Waals surface area contributed by atoms with E-state index in [9.17, 15) is 9.59 Å². The smallest absolute Gasteiger partial charge is 0.317 e. The first-order valence-corrected chi connectivity index (χ1v) is 7.83.